The van der Waals surface area contributed by atoms with Gasteiger partial charge >= 0.3 is 102 Å². The van der Waals surface area contributed by atoms with Crippen LogP contribution in [-0.4, -0.2) is 22.3 Å². The summed E-state index contributed by atoms with van der Waals surface area (Å²) >= 11 is 7.29. The van der Waals surface area contributed by atoms with Gasteiger partial charge in [-0.15, -0.1) is 0 Å². The monoisotopic (exact) mass is 302 g/mol. The van der Waals surface area contributed by atoms with Crippen molar-refractivity contribution >= 4 is 26.0 Å². The Hall–Kier alpha value is 0.928. The zero-order valence-corrected chi connectivity index (χ0v) is 12.4. The second-order valence-corrected chi connectivity index (χ2v) is 6.47. The molecule has 0 saturated heterocycles. The van der Waals surface area contributed by atoms with Crippen LogP contribution in [0.2, 0.25) is 0 Å². The molecule has 0 aliphatic rings. The van der Waals surface area contributed by atoms with Gasteiger partial charge in [0.25, 0.3) is 0 Å². The first kappa shape index (κ1) is 13.9. The van der Waals surface area contributed by atoms with Crippen molar-refractivity contribution in [2.75, 3.05) is 13.1 Å². The van der Waals surface area contributed by atoms with E-state index in [0.29, 0.717) is 11.8 Å². The summed E-state index contributed by atoms with van der Waals surface area (Å²) in [6.45, 7) is 11.1. The van der Waals surface area contributed by atoms with Crippen LogP contribution >= 0.6 is 21.7 Å². The maximum absolute atomic E-state index is 5.30. The normalized spacial score (nSPS) is 10.9. The van der Waals surface area contributed by atoms with E-state index in [4.69, 9.17) is 12.2 Å². The van der Waals surface area contributed by atoms with Crippen molar-refractivity contribution in [2.45, 2.75) is 27.7 Å². The number of nitrogens with zero attached hydrogens (tertiary/aromatic N) is 1. The summed E-state index contributed by atoms with van der Waals surface area (Å²) in [5, 5.41) is 0. The molecule has 77 valence electrons. The third-order valence-corrected chi connectivity index (χ3v) is 4.42. The van der Waals surface area contributed by atoms with Crippen LogP contribution in [-0.2, 0) is 18.5 Å². The standard InChI is InChI=1S/C9H19NS2.Mo/c1-7(2)5-10(9(11)12)6-8(3)4;/h7-8H,5-6H2,1-4H3,(H,11,12);/q;+1/p-1. The van der Waals surface area contributed by atoms with Crippen molar-refractivity contribution in [2.24, 2.45) is 11.8 Å². The van der Waals surface area contributed by atoms with E-state index >= 15 is 0 Å². The molecule has 0 saturated carbocycles. The summed E-state index contributed by atoms with van der Waals surface area (Å²) in [5.74, 6) is 1.37. The fourth-order valence-corrected chi connectivity index (χ4v) is 2.34. The number of rotatable bonds is 4. The first-order valence-electron chi connectivity index (χ1n) is 4.56. The first-order valence-corrected chi connectivity index (χ1v) is 8.16. The number of hydrogen-bond acceptors (Lipinski definition) is 2. The molecule has 0 N–H and O–H groups in total. The van der Waals surface area contributed by atoms with Crippen molar-refractivity contribution in [3.63, 3.8) is 0 Å². The molecule has 4 heteroatoms. The Morgan fingerprint density at radius 1 is 1.23 bits per heavy atom. The van der Waals surface area contributed by atoms with E-state index in [-0.39, 0.29) is 0 Å². The van der Waals surface area contributed by atoms with E-state index < -0.39 is 0 Å². The van der Waals surface area contributed by atoms with E-state index in [1.54, 1.807) is 9.47 Å². The molecule has 0 heterocycles. The third kappa shape index (κ3) is 6.93. The molecule has 0 aromatic carbocycles. The molecule has 0 fully saturated rings. The van der Waals surface area contributed by atoms with Crippen LogP contribution in [0.3, 0.4) is 0 Å². The van der Waals surface area contributed by atoms with Gasteiger partial charge in [-0.25, -0.2) is 0 Å². The summed E-state index contributed by atoms with van der Waals surface area (Å²) in [5.41, 5.74) is 0. The Morgan fingerprint density at radius 2 is 1.62 bits per heavy atom. The molecule has 0 radical (unpaired) electrons. The van der Waals surface area contributed by atoms with Gasteiger partial charge in [-0.05, 0) is 0 Å². The Balaban J connectivity index is 4.10. The average Bonchev–Trinajstić information content (AvgIpc) is 2.00. The van der Waals surface area contributed by atoms with Crippen molar-refractivity contribution in [3.8, 4) is 0 Å². The summed E-state index contributed by atoms with van der Waals surface area (Å²) in [6.07, 6.45) is 0. The minimum atomic E-state index is 0.685. The van der Waals surface area contributed by atoms with Crippen LogP contribution in [0.25, 0.3) is 0 Å². The van der Waals surface area contributed by atoms with Crippen LogP contribution in [0.1, 0.15) is 27.7 Å². The van der Waals surface area contributed by atoms with Crippen molar-refractivity contribution < 1.29 is 18.5 Å². The minimum absolute atomic E-state index is 0.685. The molecular formula is C9H18MoNS2. The molecule has 13 heavy (non-hydrogen) atoms. The second kappa shape index (κ2) is 7.25. The molecule has 0 aromatic heterocycles. The summed E-state index contributed by atoms with van der Waals surface area (Å²) in [4.78, 5) is 2.32. The first-order chi connectivity index (χ1) is 5.97. The van der Waals surface area contributed by atoms with Crippen LogP contribution in [0, 0.1) is 11.8 Å². The predicted molar refractivity (Wildman–Crippen MR) is 61.4 cm³/mol. The van der Waals surface area contributed by atoms with Crippen LogP contribution < -0.4 is 0 Å². The van der Waals surface area contributed by atoms with Gasteiger partial charge in [0.2, 0.25) is 0 Å². The van der Waals surface area contributed by atoms with E-state index in [1.807, 2.05) is 18.5 Å². The summed E-state index contributed by atoms with van der Waals surface area (Å²) in [6, 6.07) is 0. The van der Waals surface area contributed by atoms with Gasteiger partial charge in [0, 0.05) is 0 Å². The van der Waals surface area contributed by atoms with Gasteiger partial charge in [-0.2, -0.15) is 0 Å². The van der Waals surface area contributed by atoms with Crippen LogP contribution in [0.5, 0.6) is 0 Å². The number of thiocarbonyl (C=S) groups is 1. The zero-order valence-electron chi connectivity index (χ0n) is 8.74. The average molecular weight is 300 g/mol. The van der Waals surface area contributed by atoms with Gasteiger partial charge < -0.3 is 0 Å². The van der Waals surface area contributed by atoms with E-state index in [0.717, 1.165) is 17.4 Å². The summed E-state index contributed by atoms with van der Waals surface area (Å²) in [7, 11) is 1.68. The van der Waals surface area contributed by atoms with Gasteiger partial charge in [-0.3, -0.25) is 0 Å². The Labute approximate surface area is 102 Å². The molecule has 1 nitrogen and oxygen atoms in total. The summed E-state index contributed by atoms with van der Waals surface area (Å²) < 4.78 is 1.03. The van der Waals surface area contributed by atoms with Gasteiger partial charge in [0.15, 0.2) is 0 Å². The number of hydrogen-bond donors (Lipinski definition) is 0. The molecule has 0 aromatic rings. The molecule has 0 amide bonds. The zero-order chi connectivity index (χ0) is 10.4. The van der Waals surface area contributed by atoms with Crippen LogP contribution in [0.4, 0.5) is 0 Å². The van der Waals surface area contributed by atoms with Gasteiger partial charge in [0.1, 0.15) is 0 Å². The molecule has 0 atom stereocenters. The van der Waals surface area contributed by atoms with E-state index in [2.05, 4.69) is 32.6 Å². The van der Waals surface area contributed by atoms with E-state index in [9.17, 15) is 0 Å². The SMILES string of the molecule is CC(C)CN(CC(C)C)C(=S)[S][Mo]. The fourth-order valence-electron chi connectivity index (χ4n) is 1.16. The molecule has 0 aliphatic heterocycles. The molecule has 0 spiro atoms. The Morgan fingerprint density at radius 3 is 1.85 bits per heavy atom. The molecular weight excluding hydrogens is 282 g/mol. The third-order valence-electron chi connectivity index (χ3n) is 1.50. The molecule has 0 rings (SSSR count). The topological polar surface area (TPSA) is 3.24 Å². The Bertz CT molecular complexity index is 150. The van der Waals surface area contributed by atoms with Crippen molar-refractivity contribution in [1.82, 2.24) is 4.90 Å². The Kier molecular flexibility index (Phi) is 7.77. The fraction of sp³-hybridized carbons (Fsp3) is 0.889. The quantitative estimate of drug-likeness (QED) is 0.580. The predicted octanol–water partition coefficient (Wildman–Crippen LogP) is 3.08. The molecule has 0 bridgehead atoms. The van der Waals surface area contributed by atoms with Gasteiger partial charge in [0.05, 0.1) is 0 Å². The van der Waals surface area contributed by atoms with E-state index in [1.165, 1.54) is 0 Å². The van der Waals surface area contributed by atoms with Crippen molar-refractivity contribution in [3.05, 3.63) is 0 Å². The molecule has 0 unspecified atom stereocenters. The molecule has 0 aliphatic carbocycles. The second-order valence-electron chi connectivity index (χ2n) is 4.04. The van der Waals surface area contributed by atoms with Gasteiger partial charge in [-0.1, -0.05) is 0 Å². The maximum atomic E-state index is 5.30. The van der Waals surface area contributed by atoms with Crippen molar-refractivity contribution in [1.29, 1.82) is 0 Å². The van der Waals surface area contributed by atoms with Crippen LogP contribution in [0.15, 0.2) is 0 Å².